The van der Waals surface area contributed by atoms with E-state index in [4.69, 9.17) is 9.47 Å². The van der Waals surface area contributed by atoms with Crippen LogP contribution in [0.3, 0.4) is 0 Å². The molecule has 1 heterocycles. The number of carbonyl (C=O) groups is 1. The van der Waals surface area contributed by atoms with Gasteiger partial charge in [-0.05, 0) is 42.0 Å². The summed E-state index contributed by atoms with van der Waals surface area (Å²) in [5.41, 5.74) is 2.26. The number of benzene rings is 2. The highest BCUT2D eigenvalue weighted by Gasteiger charge is 2.10. The fourth-order valence-corrected chi connectivity index (χ4v) is 2.85. The van der Waals surface area contributed by atoms with Crippen molar-refractivity contribution >= 4 is 11.7 Å². The first kappa shape index (κ1) is 19.3. The number of hydrogen-bond donors (Lipinski definition) is 2. The first-order valence-electron chi connectivity index (χ1n) is 8.74. The Kier molecular flexibility index (Phi) is 6.16. The highest BCUT2D eigenvalue weighted by Crippen LogP contribution is 2.28. The number of halogens is 1. The van der Waals surface area contributed by atoms with Crippen molar-refractivity contribution in [1.29, 1.82) is 0 Å². The highest BCUT2D eigenvalue weighted by atomic mass is 19.1. The van der Waals surface area contributed by atoms with Gasteiger partial charge in [0.25, 0.3) is 0 Å². The molecule has 0 atom stereocenters. The Morgan fingerprint density at radius 1 is 1.07 bits per heavy atom. The lowest BCUT2D eigenvalue weighted by molar-refractivity contribution is 0.251. The summed E-state index contributed by atoms with van der Waals surface area (Å²) in [6.07, 6.45) is 1.89. The van der Waals surface area contributed by atoms with Gasteiger partial charge in [-0.1, -0.05) is 12.1 Å². The number of carbonyl (C=O) groups excluding carboxylic acids is 1. The highest BCUT2D eigenvalue weighted by molar-refractivity contribution is 5.91. The summed E-state index contributed by atoms with van der Waals surface area (Å²) in [6.45, 7) is 0.841. The van der Waals surface area contributed by atoms with Gasteiger partial charge in [-0.2, -0.15) is 0 Å². The zero-order valence-corrected chi connectivity index (χ0v) is 15.7. The molecule has 2 aromatic carbocycles. The number of ether oxygens (including phenoxy) is 2. The molecule has 0 radical (unpaired) electrons. The van der Waals surface area contributed by atoms with Crippen molar-refractivity contribution in [2.45, 2.75) is 13.1 Å². The van der Waals surface area contributed by atoms with Gasteiger partial charge in [-0.15, -0.1) is 0 Å². The second-order valence-electron chi connectivity index (χ2n) is 6.13. The zero-order chi connectivity index (χ0) is 19.9. The molecule has 3 aromatic rings. The number of hydrogen-bond acceptors (Lipinski definition) is 3. The van der Waals surface area contributed by atoms with E-state index < -0.39 is 0 Å². The van der Waals surface area contributed by atoms with Gasteiger partial charge in [0.05, 0.1) is 26.5 Å². The van der Waals surface area contributed by atoms with Crippen molar-refractivity contribution in [3.8, 4) is 11.5 Å². The molecule has 0 bridgehead atoms. The van der Waals surface area contributed by atoms with Gasteiger partial charge < -0.3 is 24.7 Å². The normalized spacial score (nSPS) is 10.4. The first-order valence-corrected chi connectivity index (χ1v) is 8.74. The van der Waals surface area contributed by atoms with Gasteiger partial charge in [0.1, 0.15) is 17.3 Å². The molecule has 0 aliphatic carbocycles. The summed E-state index contributed by atoms with van der Waals surface area (Å²) in [4.78, 5) is 12.3. The summed E-state index contributed by atoms with van der Waals surface area (Å²) >= 11 is 0. The average Bonchev–Trinajstić information content (AvgIpc) is 3.13. The standard InChI is InChI=1S/C21H22FN3O3/c1-27-18-8-9-20(28-2)19(12-18)24-21(26)23-13-17-7-4-10-25(17)14-15-5-3-6-16(22)11-15/h3-12H,13-14H2,1-2H3,(H2,23,24,26). The van der Waals surface area contributed by atoms with E-state index in [0.717, 1.165) is 11.3 Å². The molecule has 28 heavy (non-hydrogen) atoms. The van der Waals surface area contributed by atoms with Gasteiger partial charge >= 0.3 is 6.03 Å². The SMILES string of the molecule is COc1ccc(OC)c(NC(=O)NCc2cccn2Cc2cccc(F)c2)c1. The van der Waals surface area contributed by atoms with Crippen molar-refractivity contribution in [3.05, 3.63) is 77.9 Å². The fraction of sp³-hybridized carbons (Fsp3) is 0.190. The molecule has 0 spiro atoms. The third kappa shape index (κ3) is 4.82. The Morgan fingerprint density at radius 3 is 2.68 bits per heavy atom. The maximum absolute atomic E-state index is 13.4. The van der Waals surface area contributed by atoms with E-state index in [0.29, 0.717) is 30.3 Å². The van der Waals surface area contributed by atoms with Crippen LogP contribution in [0.5, 0.6) is 11.5 Å². The second kappa shape index (κ2) is 8.94. The lowest BCUT2D eigenvalue weighted by Crippen LogP contribution is -2.29. The van der Waals surface area contributed by atoms with Crippen molar-refractivity contribution < 1.29 is 18.7 Å². The van der Waals surface area contributed by atoms with E-state index in [-0.39, 0.29) is 11.8 Å². The molecule has 2 amide bonds. The molecule has 0 unspecified atom stereocenters. The molecule has 0 fully saturated rings. The van der Waals surface area contributed by atoms with Gasteiger partial charge in [0.15, 0.2) is 0 Å². The monoisotopic (exact) mass is 383 g/mol. The van der Waals surface area contributed by atoms with E-state index in [1.807, 2.05) is 29.0 Å². The quantitative estimate of drug-likeness (QED) is 0.648. The van der Waals surface area contributed by atoms with Gasteiger partial charge in [0, 0.05) is 24.5 Å². The second-order valence-corrected chi connectivity index (χ2v) is 6.13. The van der Waals surface area contributed by atoms with E-state index in [1.54, 1.807) is 31.4 Å². The van der Waals surface area contributed by atoms with Crippen LogP contribution in [0.25, 0.3) is 0 Å². The number of anilines is 1. The zero-order valence-electron chi connectivity index (χ0n) is 15.7. The minimum Gasteiger partial charge on any atom is -0.497 e. The molecular weight excluding hydrogens is 361 g/mol. The number of urea groups is 1. The molecule has 3 rings (SSSR count). The fourth-order valence-electron chi connectivity index (χ4n) is 2.85. The lowest BCUT2D eigenvalue weighted by Gasteiger charge is -2.14. The van der Waals surface area contributed by atoms with Crippen LogP contribution in [0.2, 0.25) is 0 Å². The minimum absolute atomic E-state index is 0.268. The smallest absolute Gasteiger partial charge is 0.319 e. The molecule has 146 valence electrons. The maximum atomic E-state index is 13.4. The summed E-state index contributed by atoms with van der Waals surface area (Å²) in [5.74, 6) is 0.876. The summed E-state index contributed by atoms with van der Waals surface area (Å²) in [7, 11) is 3.09. The van der Waals surface area contributed by atoms with Crippen LogP contribution in [0, 0.1) is 5.82 Å². The van der Waals surface area contributed by atoms with Crippen molar-refractivity contribution in [3.63, 3.8) is 0 Å². The minimum atomic E-state index is -0.370. The van der Waals surface area contributed by atoms with E-state index in [2.05, 4.69) is 10.6 Å². The summed E-state index contributed by atoms with van der Waals surface area (Å²) < 4.78 is 25.8. The van der Waals surface area contributed by atoms with Crippen LogP contribution in [0.4, 0.5) is 14.9 Å². The number of methoxy groups -OCH3 is 2. The third-order valence-electron chi connectivity index (χ3n) is 4.25. The Bertz CT molecular complexity index is 956. The summed E-state index contributed by atoms with van der Waals surface area (Å²) in [5, 5.41) is 5.58. The molecule has 2 N–H and O–H groups in total. The van der Waals surface area contributed by atoms with Gasteiger partial charge in [0.2, 0.25) is 0 Å². The Morgan fingerprint density at radius 2 is 1.93 bits per heavy atom. The van der Waals surface area contributed by atoms with Crippen molar-refractivity contribution in [1.82, 2.24) is 9.88 Å². The average molecular weight is 383 g/mol. The Hall–Kier alpha value is -3.48. The van der Waals surface area contributed by atoms with Crippen molar-refractivity contribution in [2.24, 2.45) is 0 Å². The molecular formula is C21H22FN3O3. The van der Waals surface area contributed by atoms with Crippen LogP contribution < -0.4 is 20.1 Å². The molecule has 1 aromatic heterocycles. The lowest BCUT2D eigenvalue weighted by atomic mass is 10.2. The number of nitrogens with zero attached hydrogens (tertiary/aromatic N) is 1. The first-order chi connectivity index (χ1) is 13.6. The number of aromatic nitrogens is 1. The predicted molar refractivity (Wildman–Crippen MR) is 105 cm³/mol. The number of nitrogens with one attached hydrogen (secondary N) is 2. The topological polar surface area (TPSA) is 64.5 Å². The molecule has 7 heteroatoms. The summed E-state index contributed by atoms with van der Waals surface area (Å²) in [6, 6.07) is 15.0. The predicted octanol–water partition coefficient (Wildman–Crippen LogP) is 4.01. The maximum Gasteiger partial charge on any atom is 0.319 e. The van der Waals surface area contributed by atoms with Crippen molar-refractivity contribution in [2.75, 3.05) is 19.5 Å². The number of rotatable bonds is 7. The Balaban J connectivity index is 1.62. The molecule has 0 saturated carbocycles. The van der Waals surface area contributed by atoms with Crippen LogP contribution in [-0.2, 0) is 13.1 Å². The van der Waals surface area contributed by atoms with E-state index >= 15 is 0 Å². The van der Waals surface area contributed by atoms with E-state index in [9.17, 15) is 9.18 Å². The van der Waals surface area contributed by atoms with Crippen LogP contribution in [0.1, 0.15) is 11.3 Å². The van der Waals surface area contributed by atoms with Gasteiger partial charge in [-0.25, -0.2) is 9.18 Å². The molecule has 0 saturated heterocycles. The number of amides is 2. The van der Waals surface area contributed by atoms with Crippen LogP contribution in [0.15, 0.2) is 60.8 Å². The van der Waals surface area contributed by atoms with E-state index in [1.165, 1.54) is 19.2 Å². The van der Waals surface area contributed by atoms with Crippen LogP contribution >= 0.6 is 0 Å². The molecule has 6 nitrogen and oxygen atoms in total. The van der Waals surface area contributed by atoms with Gasteiger partial charge in [-0.3, -0.25) is 0 Å². The molecule has 0 aliphatic rings. The largest absolute Gasteiger partial charge is 0.497 e. The van der Waals surface area contributed by atoms with Crippen LogP contribution in [-0.4, -0.2) is 24.8 Å². The Labute approximate surface area is 162 Å². The molecule has 0 aliphatic heterocycles. The third-order valence-corrected chi connectivity index (χ3v) is 4.25.